The standard InChI is InChI=1S/2C29H32F3N3O4.C28H32ClF3N2O4.C19H27ClN2O2.2CN.Zn/c2*1-33-25-18-22(9-10-23(25)26(36)34(2)3)39-16-13-20-17-24(20)19-11-14-35(15-12-19)27(37)28(38,29(30,31)32)21-7-5-4-6-8-21;1-33(2)25(35)22-9-8-21(17-24(22)29)38-15-12-19-16-23(19)18-10-13-34(14-11-18)26(36)27(37,28(30,31)32)20-6-4-3-5-7-20;1-22(2)19(23)16-4-3-15(12-18(16)20)24-10-7-14-11-17(14)13-5-8-21-9-6-13;2*1-2;/h2*4-10,18-20,24,38H,11-17H2,2-3H3;3-9,17-19,23,37H,10-16H2,1-2H3;3-4,12-14,17,21H,5-11H2,1-2H3;;;/q;;;;2*-1;+2/t2*20-,24-,28+;19-,23-,27+;14-,17-;;;/m0000.../s1. The number of halogens is 11. The van der Waals surface area contributed by atoms with Crippen molar-refractivity contribution in [3.63, 3.8) is 0 Å². The minimum atomic E-state index is -5.14. The molecule has 4 aliphatic carbocycles. The van der Waals surface area contributed by atoms with Crippen LogP contribution in [0.25, 0.3) is 9.69 Å². The maximum absolute atomic E-state index is 13.9. The molecule has 7 aromatic carbocycles. The Hall–Kier alpha value is -11.6. The normalized spacial score (nSPS) is 20.9. The molecule has 774 valence electrons. The van der Waals surface area contributed by atoms with Crippen LogP contribution in [0.15, 0.2) is 164 Å². The first-order valence-electron chi connectivity index (χ1n) is 48.0. The number of nitrogens with one attached hydrogen (secondary N) is 1. The number of piperidine rings is 4. The van der Waals surface area contributed by atoms with E-state index in [2.05, 4.69) is 15.0 Å². The van der Waals surface area contributed by atoms with Gasteiger partial charge in [0.2, 0.25) is 23.2 Å². The molecule has 26 nitrogen and oxygen atoms in total. The first-order valence-corrected chi connectivity index (χ1v) is 48.8. The van der Waals surface area contributed by atoms with Crippen molar-refractivity contribution in [2.75, 3.05) is 135 Å². The largest absolute Gasteiger partial charge is 2.00 e. The van der Waals surface area contributed by atoms with E-state index in [9.17, 15) is 88.4 Å². The van der Waals surface area contributed by atoms with Gasteiger partial charge in [-0.1, -0.05) is 126 Å². The number of hydrogen-bond donors (Lipinski definition) is 4. The number of rotatable bonds is 30. The molecule has 7 aromatic rings. The van der Waals surface area contributed by atoms with Crippen molar-refractivity contribution >= 4 is 75.9 Å². The van der Waals surface area contributed by atoms with Crippen molar-refractivity contribution in [1.82, 2.24) is 39.6 Å². The Bertz CT molecular complexity index is 5460. The number of amides is 7. The Balaban J connectivity index is 0.000000215. The fourth-order valence-electron chi connectivity index (χ4n) is 20.1. The molecule has 11 atom stereocenters. The summed E-state index contributed by atoms with van der Waals surface area (Å²) in [5.41, 5.74) is -10.1. The zero-order valence-corrected chi connectivity index (χ0v) is 86.9. The Morgan fingerprint density at radius 2 is 0.586 bits per heavy atom. The van der Waals surface area contributed by atoms with Gasteiger partial charge in [-0.25, -0.2) is 9.69 Å². The molecule has 4 aliphatic heterocycles. The fourth-order valence-corrected chi connectivity index (χ4v) is 20.6. The van der Waals surface area contributed by atoms with E-state index in [1.807, 2.05) is 6.07 Å². The average Bonchev–Trinajstić information content (AvgIpc) is 1.60. The molecule has 38 heteroatoms. The zero-order chi connectivity index (χ0) is 106. The van der Waals surface area contributed by atoms with Crippen molar-refractivity contribution in [1.29, 1.82) is 10.5 Å². The van der Waals surface area contributed by atoms with E-state index in [4.69, 9.17) is 79.0 Å². The van der Waals surface area contributed by atoms with E-state index in [1.54, 1.807) is 123 Å². The summed E-state index contributed by atoms with van der Waals surface area (Å²) < 4.78 is 148. The van der Waals surface area contributed by atoms with E-state index in [0.717, 1.165) is 126 Å². The van der Waals surface area contributed by atoms with Crippen molar-refractivity contribution in [2.24, 2.45) is 71.0 Å². The predicted molar refractivity (Wildman–Crippen MR) is 520 cm³/mol. The van der Waals surface area contributed by atoms with Crippen LogP contribution in [0.3, 0.4) is 0 Å². The number of ether oxygens (including phenoxy) is 4. The number of alkyl halides is 9. The third-order valence-corrected chi connectivity index (χ3v) is 29.2. The second-order valence-electron chi connectivity index (χ2n) is 38.5. The second kappa shape index (κ2) is 52.1. The molecule has 0 spiro atoms. The fraction of sp³-hybridized carbons (Fsp3) is 0.505. The summed E-state index contributed by atoms with van der Waals surface area (Å²) in [6.07, 6.45) is -1.22. The minimum Gasteiger partial charge on any atom is -0.512 e. The van der Waals surface area contributed by atoms with Crippen LogP contribution in [0.5, 0.6) is 23.0 Å². The molecule has 0 radical (unpaired) electrons. The molecule has 4 N–H and O–H groups in total. The summed E-state index contributed by atoms with van der Waals surface area (Å²) in [5, 5.41) is 48.5. The summed E-state index contributed by atoms with van der Waals surface area (Å²) in [6, 6.07) is 39.6. The van der Waals surface area contributed by atoms with Crippen molar-refractivity contribution in [3.8, 4) is 23.0 Å². The van der Waals surface area contributed by atoms with Crippen LogP contribution in [0.1, 0.15) is 161 Å². The van der Waals surface area contributed by atoms with E-state index in [-0.39, 0.29) is 93.7 Å². The molecule has 7 amide bonds. The molecule has 4 heterocycles. The van der Waals surface area contributed by atoms with Crippen LogP contribution in [0.2, 0.25) is 10.0 Å². The van der Waals surface area contributed by atoms with Crippen LogP contribution in [-0.2, 0) is 50.7 Å². The summed E-state index contributed by atoms with van der Waals surface area (Å²) in [7, 11) is 13.3. The summed E-state index contributed by atoms with van der Waals surface area (Å²) in [6.45, 7) is 29.8. The number of benzene rings is 7. The minimum absolute atomic E-state index is 0. The molecule has 8 fully saturated rings. The molecule has 4 saturated carbocycles. The third kappa shape index (κ3) is 29.3. The Kier molecular flexibility index (Phi) is 42.1. The maximum Gasteiger partial charge on any atom is 2.00 e. The van der Waals surface area contributed by atoms with Gasteiger partial charge in [-0.05, 0) is 248 Å². The average molecular weight is 2110 g/mol. The SMILES string of the molecule is CN(C)C(=O)c1ccc(OCC[C@H]2C[C@H]2C2CCN(C(=O)[C@](O)(c3ccccc3)C(F)(F)F)CC2)cc1Cl.CN(C)C(=O)c1ccc(OCC[C@H]2C[C@H]2C2CCNCC2)cc1Cl.[C-]#N.[C-]#N.[C-]#[N+]c1cc(OCC[C@H]2C[C@H]2C2CCN(C(=O)[C@](O)(c3ccccc3)C(F)(F)F)CC2)ccc1C(=O)N(C)C.[C-]#[N+]c1cc(OCC[C@H]2C[C@H]2C2CCN(C(=O)[C@](O)(c3ccccc3)C(F)(F)F)CC2)ccc1C(=O)N(C)C.[Zn+2]. The van der Waals surface area contributed by atoms with Gasteiger partial charge in [0, 0.05) is 123 Å². The van der Waals surface area contributed by atoms with Crippen molar-refractivity contribution < 1.29 is 127 Å². The molecule has 15 rings (SSSR count). The van der Waals surface area contributed by atoms with Crippen LogP contribution < -0.4 is 24.3 Å². The Labute approximate surface area is 863 Å². The Morgan fingerprint density at radius 3 is 0.807 bits per heavy atom. The van der Waals surface area contributed by atoms with E-state index >= 15 is 0 Å². The van der Waals surface area contributed by atoms with Crippen LogP contribution >= 0.6 is 23.2 Å². The molecule has 4 saturated heterocycles. The van der Waals surface area contributed by atoms with E-state index in [1.165, 1.54) is 107 Å². The van der Waals surface area contributed by atoms with Crippen LogP contribution in [0.4, 0.5) is 50.9 Å². The third-order valence-electron chi connectivity index (χ3n) is 28.6. The Morgan fingerprint density at radius 1 is 0.366 bits per heavy atom. The quantitative estimate of drug-likeness (QED) is 0.0185. The number of hydrogen-bond acceptors (Lipinski definition) is 17. The molecule has 145 heavy (non-hydrogen) atoms. The zero-order valence-electron chi connectivity index (χ0n) is 82.4. The molecule has 0 unspecified atom stereocenters. The van der Waals surface area contributed by atoms with E-state index in [0.29, 0.717) is 161 Å². The molecular weight excluding hydrogens is 1980 g/mol. The van der Waals surface area contributed by atoms with Gasteiger partial charge >= 0.3 is 38.0 Å². The topological polar surface area (TPSA) is 308 Å². The van der Waals surface area contributed by atoms with Crippen molar-refractivity contribution in [3.05, 3.63) is 249 Å². The number of aliphatic hydroxyl groups is 3. The molecule has 0 bridgehead atoms. The number of carbonyl (C=O) groups excluding carboxylic acids is 7. The van der Waals surface area contributed by atoms with Gasteiger partial charge in [0.25, 0.3) is 46.3 Å². The molecule has 8 aliphatic rings. The van der Waals surface area contributed by atoms with Gasteiger partial charge in [0.05, 0.1) is 60.7 Å². The molecular formula is C107H123Cl2F9N12O14Zn. The summed E-state index contributed by atoms with van der Waals surface area (Å²) in [5.74, 6) is 3.91. The van der Waals surface area contributed by atoms with Gasteiger partial charge in [-0.2, -0.15) is 39.5 Å². The van der Waals surface area contributed by atoms with Gasteiger partial charge < -0.3 is 97.6 Å². The maximum atomic E-state index is 13.9. The first kappa shape index (κ1) is 117. The van der Waals surface area contributed by atoms with Crippen LogP contribution in [-0.4, -0.2) is 245 Å². The van der Waals surface area contributed by atoms with Crippen molar-refractivity contribution in [2.45, 2.75) is 138 Å². The summed E-state index contributed by atoms with van der Waals surface area (Å²) >= 11 is 12.4. The smallest absolute Gasteiger partial charge is 0.512 e. The number of carbonyl (C=O) groups is 7. The summed E-state index contributed by atoms with van der Waals surface area (Å²) in [4.78, 5) is 103. The number of likely N-dealkylation sites (tertiary alicyclic amines) is 3. The van der Waals surface area contributed by atoms with Gasteiger partial charge in [0.15, 0.2) is 0 Å². The number of nitrogens with zero attached hydrogens (tertiary/aromatic N) is 11. The second-order valence-corrected chi connectivity index (χ2v) is 39.4. The first-order chi connectivity index (χ1) is 68.4. The molecule has 0 aromatic heterocycles. The van der Waals surface area contributed by atoms with Gasteiger partial charge in [-0.15, -0.1) is 0 Å². The van der Waals surface area contributed by atoms with Gasteiger partial charge in [0.1, 0.15) is 23.0 Å². The monoisotopic (exact) mass is 2100 g/mol. The van der Waals surface area contributed by atoms with Crippen LogP contribution in [0, 0.1) is 108 Å². The van der Waals surface area contributed by atoms with E-state index < -0.39 is 69.7 Å². The van der Waals surface area contributed by atoms with Gasteiger partial charge in [-0.3, -0.25) is 33.6 Å². The predicted octanol–water partition coefficient (Wildman–Crippen LogP) is 18.8.